The molecular weight excluding hydrogens is 224 g/mol. The second kappa shape index (κ2) is 5.35. The van der Waals surface area contributed by atoms with Gasteiger partial charge in [-0.3, -0.25) is 4.79 Å². The molecule has 0 aliphatic carbocycles. The van der Waals surface area contributed by atoms with Crippen molar-refractivity contribution in [2.24, 2.45) is 5.92 Å². The Morgan fingerprint density at radius 3 is 2.29 bits per heavy atom. The molecule has 4 heteroatoms. The maximum absolute atomic E-state index is 13.3. The van der Waals surface area contributed by atoms with Gasteiger partial charge in [0.05, 0.1) is 5.57 Å². The van der Waals surface area contributed by atoms with E-state index in [1.165, 1.54) is 6.07 Å². The Balaban J connectivity index is 3.26. The normalized spacial score (nSPS) is 11.4. The van der Waals surface area contributed by atoms with E-state index in [1.807, 2.05) is 0 Å². The molecule has 0 aliphatic rings. The molecule has 17 heavy (non-hydrogen) atoms. The number of nitriles is 1. The third kappa shape index (κ3) is 2.97. The van der Waals surface area contributed by atoms with Gasteiger partial charge in [-0.05, 0) is 18.2 Å². The Kier molecular flexibility index (Phi) is 4.11. The number of hydrogen-bond acceptors (Lipinski definition) is 2. The second-order valence-electron chi connectivity index (χ2n) is 3.82. The predicted molar refractivity (Wildman–Crippen MR) is 59.8 cm³/mol. The van der Waals surface area contributed by atoms with Gasteiger partial charge in [-0.1, -0.05) is 19.9 Å². The number of carbonyl (C=O) groups is 1. The van der Waals surface area contributed by atoms with Gasteiger partial charge in [0, 0.05) is 11.5 Å². The van der Waals surface area contributed by atoms with Gasteiger partial charge in [-0.15, -0.1) is 0 Å². The van der Waals surface area contributed by atoms with E-state index in [-0.39, 0.29) is 11.1 Å². The minimum Gasteiger partial charge on any atom is -0.293 e. The highest BCUT2D eigenvalue weighted by Crippen LogP contribution is 2.17. The van der Waals surface area contributed by atoms with Crippen molar-refractivity contribution in [3.05, 3.63) is 41.0 Å². The molecule has 0 N–H and O–H groups in total. The molecule has 88 valence electrons. The average Bonchev–Trinajstić information content (AvgIpc) is 2.28. The van der Waals surface area contributed by atoms with Crippen LogP contribution in [-0.4, -0.2) is 5.78 Å². The molecule has 0 atom stereocenters. The molecule has 0 saturated heterocycles. The van der Waals surface area contributed by atoms with Crippen LogP contribution in [0.15, 0.2) is 23.8 Å². The molecule has 0 unspecified atom stereocenters. The van der Waals surface area contributed by atoms with E-state index in [4.69, 9.17) is 5.26 Å². The van der Waals surface area contributed by atoms with E-state index >= 15 is 0 Å². The maximum atomic E-state index is 13.3. The van der Waals surface area contributed by atoms with Crippen LogP contribution in [0.25, 0.3) is 6.08 Å². The lowest BCUT2D eigenvalue weighted by atomic mass is 9.99. The third-order valence-corrected chi connectivity index (χ3v) is 2.20. The molecule has 0 radical (unpaired) electrons. The lowest BCUT2D eigenvalue weighted by Crippen LogP contribution is -2.09. The first-order valence-corrected chi connectivity index (χ1v) is 5.07. The molecule has 0 bridgehead atoms. The van der Waals surface area contributed by atoms with Gasteiger partial charge >= 0.3 is 0 Å². The van der Waals surface area contributed by atoms with Gasteiger partial charge in [0.1, 0.15) is 17.7 Å². The van der Waals surface area contributed by atoms with Crippen LogP contribution >= 0.6 is 0 Å². The number of hydrogen-bond donors (Lipinski definition) is 0. The summed E-state index contributed by atoms with van der Waals surface area (Å²) in [7, 11) is 0. The fourth-order valence-corrected chi connectivity index (χ4v) is 1.26. The Bertz CT molecular complexity index is 492. The van der Waals surface area contributed by atoms with Crippen molar-refractivity contribution in [2.45, 2.75) is 13.8 Å². The molecule has 0 aliphatic heterocycles. The number of nitrogens with zero attached hydrogens (tertiary/aromatic N) is 1. The summed E-state index contributed by atoms with van der Waals surface area (Å²) in [6.07, 6.45) is 0.951. The molecule has 0 amide bonds. The number of Topliss-reactive ketones (excluding diaryl/α,β-unsaturated/α-hetero) is 1. The first kappa shape index (κ1) is 13.0. The van der Waals surface area contributed by atoms with Crippen LogP contribution in [0.1, 0.15) is 19.4 Å². The number of halogens is 2. The maximum Gasteiger partial charge on any atom is 0.175 e. The van der Waals surface area contributed by atoms with E-state index in [9.17, 15) is 13.6 Å². The molecule has 0 saturated carbocycles. The molecule has 0 fully saturated rings. The van der Waals surface area contributed by atoms with Crippen LogP contribution in [0.2, 0.25) is 0 Å². The van der Waals surface area contributed by atoms with Gasteiger partial charge in [-0.2, -0.15) is 5.26 Å². The van der Waals surface area contributed by atoms with Crippen LogP contribution in [0, 0.1) is 28.9 Å². The number of allylic oxidation sites excluding steroid dienone is 1. The summed E-state index contributed by atoms with van der Waals surface area (Å²) in [6, 6.07) is 5.03. The van der Waals surface area contributed by atoms with E-state index < -0.39 is 23.3 Å². The Labute approximate surface area is 98.2 Å². The van der Waals surface area contributed by atoms with Gasteiger partial charge in [0.15, 0.2) is 5.78 Å². The first-order chi connectivity index (χ1) is 7.97. The summed E-state index contributed by atoms with van der Waals surface area (Å²) in [5.41, 5.74) is -0.609. The molecule has 0 spiro atoms. The van der Waals surface area contributed by atoms with Crippen LogP contribution in [-0.2, 0) is 4.79 Å². The molecule has 1 aromatic rings. The summed E-state index contributed by atoms with van der Waals surface area (Å²) in [6.45, 7) is 3.23. The van der Waals surface area contributed by atoms with E-state index in [0.29, 0.717) is 0 Å². The highest BCUT2D eigenvalue weighted by molar-refractivity contribution is 6.04. The summed E-state index contributed by atoms with van der Waals surface area (Å²) < 4.78 is 26.6. The summed E-state index contributed by atoms with van der Waals surface area (Å²) in [5.74, 6) is -2.42. The Morgan fingerprint density at radius 2 is 1.88 bits per heavy atom. The van der Waals surface area contributed by atoms with Crippen LogP contribution in [0.4, 0.5) is 8.78 Å². The fraction of sp³-hybridized carbons (Fsp3) is 0.231. The van der Waals surface area contributed by atoms with Crippen LogP contribution in [0.5, 0.6) is 0 Å². The quantitative estimate of drug-likeness (QED) is 0.596. The lowest BCUT2D eigenvalue weighted by molar-refractivity contribution is -0.117. The monoisotopic (exact) mass is 235 g/mol. The zero-order chi connectivity index (χ0) is 13.0. The second-order valence-corrected chi connectivity index (χ2v) is 3.82. The van der Waals surface area contributed by atoms with Crippen molar-refractivity contribution < 1.29 is 13.6 Å². The zero-order valence-electron chi connectivity index (χ0n) is 9.50. The van der Waals surface area contributed by atoms with Crippen molar-refractivity contribution >= 4 is 11.9 Å². The van der Waals surface area contributed by atoms with Crippen molar-refractivity contribution in [2.75, 3.05) is 0 Å². The largest absolute Gasteiger partial charge is 0.293 e. The van der Waals surface area contributed by atoms with Crippen LogP contribution in [0.3, 0.4) is 0 Å². The number of benzene rings is 1. The molecule has 1 rings (SSSR count). The summed E-state index contributed by atoms with van der Waals surface area (Å²) in [4.78, 5) is 11.6. The van der Waals surface area contributed by atoms with Crippen molar-refractivity contribution in [1.29, 1.82) is 5.26 Å². The van der Waals surface area contributed by atoms with Gasteiger partial charge < -0.3 is 0 Å². The molecule has 2 nitrogen and oxygen atoms in total. The number of rotatable bonds is 3. The zero-order valence-corrected chi connectivity index (χ0v) is 9.50. The van der Waals surface area contributed by atoms with E-state index in [1.54, 1.807) is 19.9 Å². The van der Waals surface area contributed by atoms with Crippen LogP contribution < -0.4 is 0 Å². The average molecular weight is 235 g/mol. The Morgan fingerprint density at radius 1 is 1.35 bits per heavy atom. The summed E-state index contributed by atoms with van der Waals surface area (Å²) >= 11 is 0. The Hall–Kier alpha value is -2.02. The van der Waals surface area contributed by atoms with Crippen molar-refractivity contribution in [3.8, 4) is 6.07 Å². The highest BCUT2D eigenvalue weighted by Gasteiger charge is 2.15. The predicted octanol–water partition coefficient (Wildman–Crippen LogP) is 3.10. The van der Waals surface area contributed by atoms with E-state index in [0.717, 1.165) is 18.2 Å². The third-order valence-electron chi connectivity index (χ3n) is 2.20. The van der Waals surface area contributed by atoms with E-state index in [2.05, 4.69) is 0 Å². The molecular formula is C13H11F2NO. The topological polar surface area (TPSA) is 40.9 Å². The molecule has 1 aromatic carbocycles. The standard InChI is InChI=1S/C13H11F2NO/c1-8(2)13(17)9(7-16)6-10-11(14)4-3-5-12(10)15/h3-6,8H,1-2H3/b9-6-. The molecule has 0 heterocycles. The van der Waals surface area contributed by atoms with Gasteiger partial charge in [-0.25, -0.2) is 8.78 Å². The minimum atomic E-state index is -0.797. The SMILES string of the molecule is CC(C)C(=O)/C(C#N)=C\c1c(F)cccc1F. The fourth-order valence-electron chi connectivity index (χ4n) is 1.26. The molecule has 0 aromatic heterocycles. The number of ketones is 1. The smallest absolute Gasteiger partial charge is 0.175 e. The van der Waals surface area contributed by atoms with Gasteiger partial charge in [0.25, 0.3) is 0 Å². The van der Waals surface area contributed by atoms with Crippen molar-refractivity contribution in [1.82, 2.24) is 0 Å². The van der Waals surface area contributed by atoms with Crippen molar-refractivity contribution in [3.63, 3.8) is 0 Å². The number of carbonyl (C=O) groups excluding carboxylic acids is 1. The first-order valence-electron chi connectivity index (χ1n) is 5.07. The van der Waals surface area contributed by atoms with Gasteiger partial charge in [0.2, 0.25) is 0 Å². The highest BCUT2D eigenvalue weighted by atomic mass is 19.1. The lowest BCUT2D eigenvalue weighted by Gasteiger charge is -2.03. The minimum absolute atomic E-state index is 0.246. The summed E-state index contributed by atoms with van der Waals surface area (Å²) in [5, 5.41) is 8.80.